The number of ether oxygens (including phenoxy) is 2. The molecular formula is C23H26F3N3O4. The minimum atomic E-state index is -4.46. The first kappa shape index (κ1) is 24.2. The molecule has 10 heteroatoms. The van der Waals surface area contributed by atoms with E-state index in [0.717, 1.165) is 17.7 Å². The fourth-order valence-electron chi connectivity index (χ4n) is 3.51. The molecule has 0 fully saturated rings. The molecule has 2 amide bonds. The second kappa shape index (κ2) is 10.5. The van der Waals surface area contributed by atoms with Crippen molar-refractivity contribution in [3.8, 4) is 11.5 Å². The number of carbonyl (C=O) groups excluding carboxylic acids is 1. The van der Waals surface area contributed by atoms with Gasteiger partial charge in [-0.05, 0) is 42.8 Å². The van der Waals surface area contributed by atoms with E-state index in [0.29, 0.717) is 35.7 Å². The van der Waals surface area contributed by atoms with Gasteiger partial charge in [-0.1, -0.05) is 17.3 Å². The topological polar surface area (TPSA) is 72.4 Å². The molecule has 1 N–H and O–H groups in total. The largest absolute Gasteiger partial charge is 0.493 e. The third-order valence-corrected chi connectivity index (χ3v) is 5.12. The number of halogens is 3. The van der Waals surface area contributed by atoms with Crippen molar-refractivity contribution in [1.29, 1.82) is 0 Å². The summed E-state index contributed by atoms with van der Waals surface area (Å²) in [6.45, 7) is 2.31. The lowest BCUT2D eigenvalue weighted by atomic mass is 10.0. The fourth-order valence-corrected chi connectivity index (χ4v) is 3.51. The highest BCUT2D eigenvalue weighted by Crippen LogP contribution is 2.31. The molecule has 178 valence electrons. The summed E-state index contributed by atoms with van der Waals surface area (Å²) in [5, 5.41) is 6.84. The number of carbonyl (C=O) groups is 1. The van der Waals surface area contributed by atoms with Crippen molar-refractivity contribution in [2.45, 2.75) is 32.2 Å². The first-order valence-corrected chi connectivity index (χ1v) is 10.4. The average Bonchev–Trinajstić information content (AvgIpc) is 3.26. The third-order valence-electron chi connectivity index (χ3n) is 5.12. The Kier molecular flexibility index (Phi) is 7.67. The van der Waals surface area contributed by atoms with E-state index < -0.39 is 23.9 Å². The van der Waals surface area contributed by atoms with Crippen LogP contribution in [0, 0.1) is 0 Å². The summed E-state index contributed by atoms with van der Waals surface area (Å²) in [7, 11) is 3.08. The number of urea groups is 1. The number of benzene rings is 2. The van der Waals surface area contributed by atoms with E-state index in [9.17, 15) is 18.0 Å². The van der Waals surface area contributed by atoms with Crippen LogP contribution in [-0.4, -0.2) is 50.1 Å². The molecule has 1 heterocycles. The van der Waals surface area contributed by atoms with Gasteiger partial charge in [-0.25, -0.2) is 4.79 Å². The molecule has 3 rings (SSSR count). The van der Waals surface area contributed by atoms with Gasteiger partial charge in [0.1, 0.15) is 0 Å². The molecule has 0 bridgehead atoms. The maximum atomic E-state index is 13.1. The Morgan fingerprint density at radius 2 is 1.94 bits per heavy atom. The molecule has 0 aromatic heterocycles. The summed E-state index contributed by atoms with van der Waals surface area (Å²) in [6, 6.07) is 9.93. The lowest BCUT2D eigenvalue weighted by Crippen LogP contribution is -2.43. The monoisotopic (exact) mass is 465 g/mol. The van der Waals surface area contributed by atoms with Crippen LogP contribution in [-0.2, 0) is 17.6 Å². The zero-order valence-electron chi connectivity index (χ0n) is 18.6. The van der Waals surface area contributed by atoms with Gasteiger partial charge in [-0.2, -0.15) is 13.2 Å². The van der Waals surface area contributed by atoms with Gasteiger partial charge >= 0.3 is 12.2 Å². The molecule has 0 spiro atoms. The molecule has 0 saturated heterocycles. The smallest absolute Gasteiger partial charge is 0.416 e. The Balaban J connectivity index is 1.71. The van der Waals surface area contributed by atoms with Crippen LogP contribution >= 0.6 is 0 Å². The Morgan fingerprint density at radius 3 is 2.61 bits per heavy atom. The van der Waals surface area contributed by atoms with Crippen LogP contribution in [0.2, 0.25) is 0 Å². The molecule has 0 aliphatic carbocycles. The lowest BCUT2D eigenvalue weighted by Gasteiger charge is -2.25. The van der Waals surface area contributed by atoms with Crippen LogP contribution in [0.5, 0.6) is 11.5 Å². The van der Waals surface area contributed by atoms with Gasteiger partial charge in [0.15, 0.2) is 17.6 Å². The summed E-state index contributed by atoms with van der Waals surface area (Å²) < 4.78 is 49.8. The zero-order valence-corrected chi connectivity index (χ0v) is 18.6. The second-order valence-electron chi connectivity index (χ2n) is 7.45. The standard InChI is InChI=1S/C23H26F3N3O4/c1-4-27-22(30)29(13-15-6-5-7-17(10-15)23(24,25)26)14-18-12-19(28-33-18)16-8-9-20(31-2)21(11-16)32-3/h5-11,18H,4,12-14H2,1-3H3,(H,27,30)/t18-/m1/s1. The van der Waals surface area contributed by atoms with Gasteiger partial charge in [0.25, 0.3) is 0 Å². The number of alkyl halides is 3. The molecule has 1 atom stereocenters. The van der Waals surface area contributed by atoms with E-state index in [-0.39, 0.29) is 13.1 Å². The van der Waals surface area contributed by atoms with Crippen LogP contribution in [0.1, 0.15) is 30.0 Å². The summed E-state index contributed by atoms with van der Waals surface area (Å²) in [6.07, 6.45) is -4.47. The van der Waals surface area contributed by atoms with Gasteiger partial charge in [0.2, 0.25) is 0 Å². The molecule has 1 aliphatic rings. The Labute approximate surface area is 190 Å². The normalized spacial score (nSPS) is 15.5. The van der Waals surface area contributed by atoms with Crippen molar-refractivity contribution < 1.29 is 32.3 Å². The summed E-state index contributed by atoms with van der Waals surface area (Å²) in [5.74, 6) is 1.13. The maximum absolute atomic E-state index is 13.1. The van der Waals surface area contributed by atoms with Gasteiger partial charge in [-0.15, -0.1) is 0 Å². The molecule has 2 aromatic rings. The highest BCUT2D eigenvalue weighted by Gasteiger charge is 2.31. The molecule has 0 unspecified atom stereocenters. The summed E-state index contributed by atoms with van der Waals surface area (Å²) in [5.41, 5.74) is 1.08. The highest BCUT2D eigenvalue weighted by molar-refractivity contribution is 6.01. The van der Waals surface area contributed by atoms with E-state index in [1.165, 1.54) is 18.1 Å². The first-order chi connectivity index (χ1) is 15.7. The summed E-state index contributed by atoms with van der Waals surface area (Å²) in [4.78, 5) is 19.6. The Morgan fingerprint density at radius 1 is 1.18 bits per heavy atom. The number of methoxy groups -OCH3 is 2. The van der Waals surface area contributed by atoms with E-state index in [2.05, 4.69) is 10.5 Å². The van der Waals surface area contributed by atoms with Crippen molar-refractivity contribution in [2.75, 3.05) is 27.3 Å². The lowest BCUT2D eigenvalue weighted by molar-refractivity contribution is -0.137. The van der Waals surface area contributed by atoms with Crippen molar-refractivity contribution in [2.24, 2.45) is 5.16 Å². The SMILES string of the molecule is CCNC(=O)N(Cc1cccc(C(F)(F)F)c1)C[C@H]1CC(c2ccc(OC)c(OC)c2)=NO1. The molecule has 1 aliphatic heterocycles. The van der Waals surface area contributed by atoms with E-state index >= 15 is 0 Å². The van der Waals surface area contributed by atoms with Crippen molar-refractivity contribution in [1.82, 2.24) is 10.2 Å². The third kappa shape index (κ3) is 6.09. The van der Waals surface area contributed by atoms with Crippen LogP contribution in [0.3, 0.4) is 0 Å². The molecule has 2 aromatic carbocycles. The van der Waals surface area contributed by atoms with Gasteiger partial charge in [-0.3, -0.25) is 0 Å². The van der Waals surface area contributed by atoms with Crippen LogP contribution < -0.4 is 14.8 Å². The Bertz CT molecular complexity index is 1010. The molecule has 0 radical (unpaired) electrons. The number of oxime groups is 1. The average molecular weight is 465 g/mol. The predicted octanol–water partition coefficient (Wildman–Crippen LogP) is 4.45. The van der Waals surface area contributed by atoms with Crippen LogP contribution in [0.25, 0.3) is 0 Å². The van der Waals surface area contributed by atoms with Crippen molar-refractivity contribution in [3.05, 3.63) is 59.2 Å². The Hall–Kier alpha value is -3.43. The highest BCUT2D eigenvalue weighted by atomic mass is 19.4. The molecule has 0 saturated carbocycles. The fraction of sp³-hybridized carbons (Fsp3) is 0.391. The van der Waals surface area contributed by atoms with Gasteiger partial charge in [0.05, 0.1) is 32.0 Å². The van der Waals surface area contributed by atoms with Crippen molar-refractivity contribution in [3.63, 3.8) is 0 Å². The van der Waals surface area contributed by atoms with Crippen molar-refractivity contribution >= 4 is 11.7 Å². The number of nitrogens with zero attached hydrogens (tertiary/aromatic N) is 2. The molecular weight excluding hydrogens is 439 g/mol. The van der Waals surface area contributed by atoms with E-state index in [4.69, 9.17) is 14.3 Å². The quantitative estimate of drug-likeness (QED) is 0.626. The van der Waals surface area contributed by atoms with Gasteiger partial charge in [0, 0.05) is 25.1 Å². The van der Waals surface area contributed by atoms with Crippen LogP contribution in [0.15, 0.2) is 47.6 Å². The molecule has 33 heavy (non-hydrogen) atoms. The zero-order chi connectivity index (χ0) is 24.0. The van der Waals surface area contributed by atoms with E-state index in [1.807, 2.05) is 6.07 Å². The number of rotatable bonds is 8. The van der Waals surface area contributed by atoms with E-state index in [1.54, 1.807) is 32.2 Å². The minimum absolute atomic E-state index is 0.00129. The van der Waals surface area contributed by atoms with Crippen LogP contribution in [0.4, 0.5) is 18.0 Å². The number of nitrogens with one attached hydrogen (secondary N) is 1. The summed E-state index contributed by atoms with van der Waals surface area (Å²) >= 11 is 0. The number of hydrogen-bond donors (Lipinski definition) is 1. The number of amides is 2. The van der Waals surface area contributed by atoms with Gasteiger partial charge < -0.3 is 24.5 Å². The number of hydrogen-bond acceptors (Lipinski definition) is 5. The maximum Gasteiger partial charge on any atom is 0.416 e. The second-order valence-corrected chi connectivity index (χ2v) is 7.45. The first-order valence-electron chi connectivity index (χ1n) is 10.4. The molecule has 7 nitrogen and oxygen atoms in total. The minimum Gasteiger partial charge on any atom is -0.493 e. The predicted molar refractivity (Wildman–Crippen MR) is 116 cm³/mol.